The maximum atomic E-state index is 13.4. The molecule has 3 amide bonds. The Labute approximate surface area is 219 Å². The van der Waals surface area contributed by atoms with Gasteiger partial charge in [-0.15, -0.1) is 0 Å². The molecule has 1 atom stereocenters. The number of benzene rings is 1. The first kappa shape index (κ1) is 24.7. The standard InChI is InChI=1S/C27H28N6O3S/c1-16-10-21(11-17(2)29-16)24-23(20-5-3-4-19(12-20)14-28)30-25(37-24)31-26(34)33-9-8-32(27(35)36)15-22(33)13-18-6-7-18/h3-5,10-12,18,22H,6-9,13,15H2,1-2H3,(H,35,36)(H,30,31,34). The number of nitrogens with zero attached hydrogens (tertiary/aromatic N) is 5. The third kappa shape index (κ3) is 5.57. The van der Waals surface area contributed by atoms with Gasteiger partial charge in [-0.1, -0.05) is 36.3 Å². The Kier molecular flexibility index (Phi) is 6.80. The van der Waals surface area contributed by atoms with Gasteiger partial charge in [-0.25, -0.2) is 14.6 Å². The predicted molar refractivity (Wildman–Crippen MR) is 141 cm³/mol. The Balaban J connectivity index is 1.46. The van der Waals surface area contributed by atoms with Crippen molar-refractivity contribution < 1.29 is 14.7 Å². The van der Waals surface area contributed by atoms with Gasteiger partial charge in [-0.3, -0.25) is 10.3 Å². The minimum absolute atomic E-state index is 0.158. The number of anilines is 1. The van der Waals surface area contributed by atoms with E-state index in [0.717, 1.165) is 46.7 Å². The molecule has 1 aromatic carbocycles. The Morgan fingerprint density at radius 2 is 1.89 bits per heavy atom. The zero-order valence-corrected chi connectivity index (χ0v) is 21.6. The lowest BCUT2D eigenvalue weighted by molar-refractivity contribution is 0.0823. The van der Waals surface area contributed by atoms with E-state index >= 15 is 0 Å². The Morgan fingerprint density at radius 3 is 2.57 bits per heavy atom. The number of aryl methyl sites for hydroxylation is 2. The molecule has 190 valence electrons. The van der Waals surface area contributed by atoms with E-state index in [0.29, 0.717) is 35.4 Å². The lowest BCUT2D eigenvalue weighted by Gasteiger charge is -2.40. The largest absolute Gasteiger partial charge is 0.465 e. The summed E-state index contributed by atoms with van der Waals surface area (Å²) in [6, 6.07) is 13.0. The van der Waals surface area contributed by atoms with Gasteiger partial charge in [0.2, 0.25) is 0 Å². The van der Waals surface area contributed by atoms with Crippen LogP contribution in [0.15, 0.2) is 36.4 Å². The van der Waals surface area contributed by atoms with Gasteiger partial charge >= 0.3 is 12.1 Å². The molecule has 10 heteroatoms. The number of nitriles is 1. The minimum atomic E-state index is -0.947. The van der Waals surface area contributed by atoms with Gasteiger partial charge in [0.05, 0.1) is 28.2 Å². The number of piperazine rings is 1. The van der Waals surface area contributed by atoms with Crippen LogP contribution in [0.3, 0.4) is 0 Å². The van der Waals surface area contributed by atoms with Crippen LogP contribution in [0.25, 0.3) is 21.7 Å². The molecule has 2 fully saturated rings. The molecule has 2 aliphatic rings. The quantitative estimate of drug-likeness (QED) is 0.471. The summed E-state index contributed by atoms with van der Waals surface area (Å²) >= 11 is 1.38. The van der Waals surface area contributed by atoms with E-state index < -0.39 is 6.09 Å². The highest BCUT2D eigenvalue weighted by Crippen LogP contribution is 2.40. The zero-order chi connectivity index (χ0) is 26.1. The van der Waals surface area contributed by atoms with Crippen molar-refractivity contribution in [2.45, 2.75) is 39.2 Å². The normalized spacial score (nSPS) is 17.4. The maximum absolute atomic E-state index is 13.4. The van der Waals surface area contributed by atoms with Crippen LogP contribution in [0, 0.1) is 31.1 Å². The van der Waals surface area contributed by atoms with E-state index in [1.807, 2.05) is 38.1 Å². The molecule has 0 spiro atoms. The average molecular weight is 517 g/mol. The van der Waals surface area contributed by atoms with Crippen LogP contribution in [-0.2, 0) is 0 Å². The van der Waals surface area contributed by atoms with Gasteiger partial charge in [0.15, 0.2) is 5.13 Å². The molecule has 1 saturated heterocycles. The van der Waals surface area contributed by atoms with E-state index in [-0.39, 0.29) is 18.6 Å². The second kappa shape index (κ2) is 10.2. The van der Waals surface area contributed by atoms with Crippen molar-refractivity contribution in [2.24, 2.45) is 5.92 Å². The molecule has 1 saturated carbocycles. The van der Waals surface area contributed by atoms with E-state index in [9.17, 15) is 20.0 Å². The molecule has 2 aromatic heterocycles. The Hall–Kier alpha value is -3.97. The smallest absolute Gasteiger partial charge is 0.407 e. The van der Waals surface area contributed by atoms with Crippen molar-refractivity contribution in [2.75, 3.05) is 25.0 Å². The van der Waals surface area contributed by atoms with Crippen LogP contribution < -0.4 is 5.32 Å². The summed E-state index contributed by atoms with van der Waals surface area (Å²) in [5, 5.41) is 22.3. The van der Waals surface area contributed by atoms with Gasteiger partial charge in [0.25, 0.3) is 0 Å². The van der Waals surface area contributed by atoms with Gasteiger partial charge in [-0.05, 0) is 56.0 Å². The summed E-state index contributed by atoms with van der Waals surface area (Å²) in [6.07, 6.45) is 2.12. The van der Waals surface area contributed by atoms with Gasteiger partial charge in [-0.2, -0.15) is 5.26 Å². The van der Waals surface area contributed by atoms with E-state index in [1.54, 1.807) is 17.0 Å². The fraction of sp³-hybridized carbons (Fsp3) is 0.370. The molecule has 0 radical (unpaired) electrons. The van der Waals surface area contributed by atoms with Crippen LogP contribution in [0.4, 0.5) is 14.7 Å². The summed E-state index contributed by atoms with van der Waals surface area (Å²) in [4.78, 5) is 38.3. The van der Waals surface area contributed by atoms with Crippen LogP contribution in [-0.4, -0.2) is 62.7 Å². The Bertz CT molecular complexity index is 1370. The highest BCUT2D eigenvalue weighted by atomic mass is 32.1. The molecule has 2 N–H and O–H groups in total. The van der Waals surface area contributed by atoms with Crippen molar-refractivity contribution in [3.05, 3.63) is 53.3 Å². The fourth-order valence-corrected chi connectivity index (χ4v) is 5.83. The molecular formula is C27H28N6O3S. The zero-order valence-electron chi connectivity index (χ0n) is 20.8. The molecule has 3 aromatic rings. The lowest BCUT2D eigenvalue weighted by Crippen LogP contribution is -2.57. The SMILES string of the molecule is Cc1cc(-c2sc(NC(=O)N3CCN(C(=O)O)CC3CC3CC3)nc2-c2cccc(C#N)c2)cc(C)n1. The number of hydrogen-bond donors (Lipinski definition) is 2. The molecule has 0 bridgehead atoms. The number of carboxylic acid groups (broad SMARTS) is 1. The number of nitrogens with one attached hydrogen (secondary N) is 1. The van der Waals surface area contributed by atoms with Gasteiger partial charge < -0.3 is 14.9 Å². The number of thiazole rings is 1. The number of carbonyl (C=O) groups is 2. The van der Waals surface area contributed by atoms with E-state index in [2.05, 4.69) is 16.4 Å². The minimum Gasteiger partial charge on any atom is -0.465 e. The predicted octanol–water partition coefficient (Wildman–Crippen LogP) is 5.36. The average Bonchev–Trinajstić information content (AvgIpc) is 3.59. The van der Waals surface area contributed by atoms with Crippen molar-refractivity contribution in [1.29, 1.82) is 5.26 Å². The highest BCUT2D eigenvalue weighted by Gasteiger charge is 2.36. The van der Waals surface area contributed by atoms with Gasteiger partial charge in [0.1, 0.15) is 0 Å². The van der Waals surface area contributed by atoms with Crippen molar-refractivity contribution >= 4 is 28.6 Å². The number of urea groups is 1. The molecule has 1 aliphatic heterocycles. The van der Waals surface area contributed by atoms with Crippen LogP contribution in [0.1, 0.15) is 36.2 Å². The third-order valence-electron chi connectivity index (χ3n) is 6.77. The number of pyridine rings is 1. The monoisotopic (exact) mass is 516 g/mol. The van der Waals surface area contributed by atoms with E-state index in [1.165, 1.54) is 16.2 Å². The number of rotatable bonds is 5. The number of carbonyl (C=O) groups excluding carboxylic acids is 1. The molecular weight excluding hydrogens is 488 g/mol. The van der Waals surface area contributed by atoms with Gasteiger partial charge in [0, 0.05) is 36.6 Å². The molecule has 9 nitrogen and oxygen atoms in total. The fourth-order valence-electron chi connectivity index (χ4n) is 4.87. The first-order valence-electron chi connectivity index (χ1n) is 12.3. The number of hydrogen-bond acceptors (Lipinski definition) is 6. The summed E-state index contributed by atoms with van der Waals surface area (Å²) in [5.41, 5.74) is 4.72. The first-order valence-corrected chi connectivity index (χ1v) is 13.1. The van der Waals surface area contributed by atoms with Crippen LogP contribution in [0.5, 0.6) is 0 Å². The number of aromatic nitrogens is 2. The number of amides is 3. The summed E-state index contributed by atoms with van der Waals surface area (Å²) in [7, 11) is 0. The van der Waals surface area contributed by atoms with Crippen molar-refractivity contribution in [1.82, 2.24) is 19.8 Å². The highest BCUT2D eigenvalue weighted by molar-refractivity contribution is 7.19. The van der Waals surface area contributed by atoms with Crippen molar-refractivity contribution in [3.8, 4) is 27.8 Å². The molecule has 3 heterocycles. The second-order valence-electron chi connectivity index (χ2n) is 9.71. The van der Waals surface area contributed by atoms with Crippen molar-refractivity contribution in [3.63, 3.8) is 0 Å². The first-order chi connectivity index (χ1) is 17.8. The molecule has 1 unspecified atom stereocenters. The summed E-state index contributed by atoms with van der Waals surface area (Å²) < 4.78 is 0. The lowest BCUT2D eigenvalue weighted by atomic mass is 10.0. The third-order valence-corrected chi connectivity index (χ3v) is 7.79. The Morgan fingerprint density at radius 1 is 1.14 bits per heavy atom. The topological polar surface area (TPSA) is 122 Å². The molecule has 1 aliphatic carbocycles. The molecule has 37 heavy (non-hydrogen) atoms. The summed E-state index contributed by atoms with van der Waals surface area (Å²) in [6.45, 7) is 4.83. The van der Waals surface area contributed by atoms with Crippen LogP contribution >= 0.6 is 11.3 Å². The molecule has 5 rings (SSSR count). The van der Waals surface area contributed by atoms with Crippen LogP contribution in [0.2, 0.25) is 0 Å². The second-order valence-corrected chi connectivity index (χ2v) is 10.7. The summed E-state index contributed by atoms with van der Waals surface area (Å²) in [5.74, 6) is 0.553. The maximum Gasteiger partial charge on any atom is 0.407 e. The van der Waals surface area contributed by atoms with E-state index in [4.69, 9.17) is 4.98 Å².